The molecule has 0 unspecified atom stereocenters. The standard InChI is InChI=1S/C26H29NO3/c1-5-20-24(17-9-7-6-8-10-17)27(18-11-13-19(30-4)14-12-18)21-15-26(2,3)16-22(28)23(21)25(20)29/h6-14,20,24H,5,15-16H2,1-4H3/t20-,24+/m1/s1. The highest BCUT2D eigenvalue weighted by molar-refractivity contribution is 6.23. The molecule has 2 aromatic carbocycles. The highest BCUT2D eigenvalue weighted by Crippen LogP contribution is 2.50. The summed E-state index contributed by atoms with van der Waals surface area (Å²) < 4.78 is 5.35. The monoisotopic (exact) mass is 403 g/mol. The van der Waals surface area contributed by atoms with Crippen molar-refractivity contribution < 1.29 is 14.3 Å². The molecule has 0 N–H and O–H groups in total. The molecule has 0 radical (unpaired) electrons. The molecule has 156 valence electrons. The zero-order chi connectivity index (χ0) is 21.5. The molecule has 30 heavy (non-hydrogen) atoms. The summed E-state index contributed by atoms with van der Waals surface area (Å²) in [4.78, 5) is 28.9. The van der Waals surface area contributed by atoms with Gasteiger partial charge in [-0.2, -0.15) is 0 Å². The summed E-state index contributed by atoms with van der Waals surface area (Å²) in [5, 5.41) is 0. The first-order valence-electron chi connectivity index (χ1n) is 10.6. The molecule has 1 aliphatic heterocycles. The van der Waals surface area contributed by atoms with Crippen molar-refractivity contribution in [3.8, 4) is 5.75 Å². The highest BCUT2D eigenvalue weighted by Gasteiger charge is 2.48. The molecule has 4 rings (SSSR count). The van der Waals surface area contributed by atoms with E-state index in [9.17, 15) is 9.59 Å². The normalized spacial score (nSPS) is 23.4. The third-order valence-electron chi connectivity index (χ3n) is 6.32. The number of rotatable bonds is 4. The summed E-state index contributed by atoms with van der Waals surface area (Å²) in [5.41, 5.74) is 3.18. The van der Waals surface area contributed by atoms with Gasteiger partial charge in [-0.05, 0) is 48.1 Å². The lowest BCUT2D eigenvalue weighted by Crippen LogP contribution is -2.47. The van der Waals surface area contributed by atoms with Gasteiger partial charge in [-0.3, -0.25) is 9.59 Å². The van der Waals surface area contributed by atoms with Crippen LogP contribution in [0.1, 0.15) is 51.6 Å². The van der Waals surface area contributed by atoms with E-state index in [1.807, 2.05) is 49.4 Å². The van der Waals surface area contributed by atoms with Crippen molar-refractivity contribution in [1.82, 2.24) is 0 Å². The largest absolute Gasteiger partial charge is 0.497 e. The molecule has 0 saturated heterocycles. The van der Waals surface area contributed by atoms with E-state index < -0.39 is 0 Å². The Morgan fingerprint density at radius 1 is 1.00 bits per heavy atom. The van der Waals surface area contributed by atoms with Crippen molar-refractivity contribution in [2.45, 2.75) is 46.1 Å². The lowest BCUT2D eigenvalue weighted by Gasteiger charge is -2.48. The summed E-state index contributed by atoms with van der Waals surface area (Å²) in [6.07, 6.45) is 1.80. The summed E-state index contributed by atoms with van der Waals surface area (Å²) in [5.74, 6) is 0.504. The van der Waals surface area contributed by atoms with Gasteiger partial charge in [0.1, 0.15) is 5.75 Å². The van der Waals surface area contributed by atoms with Crippen LogP contribution in [0.3, 0.4) is 0 Å². The SMILES string of the molecule is CC[C@H]1C(=O)C2=C(CC(C)(C)CC2=O)N(c2ccc(OC)cc2)[C@H]1c1ccccc1. The predicted octanol–water partition coefficient (Wildman–Crippen LogP) is 5.50. The minimum atomic E-state index is -0.265. The van der Waals surface area contributed by atoms with Crippen molar-refractivity contribution >= 4 is 17.3 Å². The van der Waals surface area contributed by atoms with Crippen molar-refractivity contribution in [2.75, 3.05) is 12.0 Å². The number of nitrogens with zero attached hydrogens (tertiary/aromatic N) is 1. The molecule has 4 nitrogen and oxygen atoms in total. The summed E-state index contributed by atoms with van der Waals surface area (Å²) >= 11 is 0. The molecule has 0 spiro atoms. The van der Waals surface area contributed by atoms with Gasteiger partial charge in [0.15, 0.2) is 11.6 Å². The maximum Gasteiger partial charge on any atom is 0.173 e. The van der Waals surface area contributed by atoms with Gasteiger partial charge in [-0.15, -0.1) is 0 Å². The average molecular weight is 404 g/mol. The van der Waals surface area contributed by atoms with Crippen molar-refractivity contribution in [3.63, 3.8) is 0 Å². The molecule has 0 aromatic heterocycles. The first-order chi connectivity index (χ1) is 14.4. The highest BCUT2D eigenvalue weighted by atomic mass is 16.5. The van der Waals surface area contributed by atoms with Gasteiger partial charge < -0.3 is 9.64 Å². The number of allylic oxidation sites excluding steroid dienone is 2. The molecule has 2 aromatic rings. The number of Topliss-reactive ketones (excluding diaryl/α,β-unsaturated/α-hetero) is 2. The molecule has 0 fully saturated rings. The summed E-state index contributed by atoms with van der Waals surface area (Å²) in [6, 6.07) is 18.0. The van der Waals surface area contributed by atoms with Crippen molar-refractivity contribution in [3.05, 3.63) is 71.4 Å². The quantitative estimate of drug-likeness (QED) is 0.633. The average Bonchev–Trinajstić information content (AvgIpc) is 2.73. The van der Waals surface area contributed by atoms with E-state index in [-0.39, 0.29) is 28.9 Å². The maximum atomic E-state index is 13.5. The van der Waals surface area contributed by atoms with Crippen LogP contribution in [0.15, 0.2) is 65.9 Å². The fraction of sp³-hybridized carbons (Fsp3) is 0.385. The van der Waals surface area contributed by atoms with Gasteiger partial charge >= 0.3 is 0 Å². The fourth-order valence-electron chi connectivity index (χ4n) is 4.95. The predicted molar refractivity (Wildman–Crippen MR) is 118 cm³/mol. The molecule has 0 saturated carbocycles. The van der Waals surface area contributed by atoms with Crippen LogP contribution in [0.25, 0.3) is 0 Å². The zero-order valence-corrected chi connectivity index (χ0v) is 18.1. The van der Waals surface area contributed by atoms with Crippen LogP contribution in [0, 0.1) is 11.3 Å². The summed E-state index contributed by atoms with van der Waals surface area (Å²) in [7, 11) is 1.65. The Bertz CT molecular complexity index is 989. The third-order valence-corrected chi connectivity index (χ3v) is 6.32. The minimum Gasteiger partial charge on any atom is -0.497 e. The maximum absolute atomic E-state index is 13.5. The first-order valence-corrected chi connectivity index (χ1v) is 10.6. The number of carbonyl (C=O) groups is 2. The van der Waals surface area contributed by atoms with Crippen LogP contribution in [-0.2, 0) is 9.59 Å². The van der Waals surface area contributed by atoms with Crippen LogP contribution in [0.2, 0.25) is 0 Å². The number of hydrogen-bond acceptors (Lipinski definition) is 4. The lowest BCUT2D eigenvalue weighted by molar-refractivity contribution is -0.126. The van der Waals surface area contributed by atoms with Gasteiger partial charge in [-0.25, -0.2) is 0 Å². The Morgan fingerprint density at radius 2 is 1.67 bits per heavy atom. The number of benzene rings is 2. The van der Waals surface area contributed by atoms with Gasteiger partial charge in [-0.1, -0.05) is 51.1 Å². The molecule has 1 aliphatic carbocycles. The van der Waals surface area contributed by atoms with Gasteiger partial charge in [0.2, 0.25) is 0 Å². The van der Waals surface area contributed by atoms with Crippen molar-refractivity contribution in [1.29, 1.82) is 0 Å². The molecule has 1 heterocycles. The van der Waals surface area contributed by atoms with Gasteiger partial charge in [0.05, 0.1) is 18.7 Å². The van der Waals surface area contributed by atoms with E-state index in [4.69, 9.17) is 4.74 Å². The number of hydrogen-bond donors (Lipinski definition) is 0. The van der Waals surface area contributed by atoms with Crippen LogP contribution in [0.4, 0.5) is 5.69 Å². The third kappa shape index (κ3) is 3.45. The number of anilines is 1. The molecular formula is C26H29NO3. The second-order valence-corrected chi connectivity index (χ2v) is 9.07. The second-order valence-electron chi connectivity index (χ2n) is 9.07. The topological polar surface area (TPSA) is 46.6 Å². The van der Waals surface area contributed by atoms with E-state index in [1.165, 1.54) is 0 Å². The van der Waals surface area contributed by atoms with E-state index in [0.29, 0.717) is 24.8 Å². The van der Waals surface area contributed by atoms with E-state index in [2.05, 4.69) is 30.9 Å². The molecule has 0 amide bonds. The van der Waals surface area contributed by atoms with Crippen LogP contribution < -0.4 is 9.64 Å². The molecule has 0 bridgehead atoms. The van der Waals surface area contributed by atoms with Crippen LogP contribution in [0.5, 0.6) is 5.75 Å². The molecule has 2 atom stereocenters. The molecular weight excluding hydrogens is 374 g/mol. The van der Waals surface area contributed by atoms with Gasteiger partial charge in [0, 0.05) is 23.7 Å². The Morgan fingerprint density at radius 3 is 2.27 bits per heavy atom. The fourth-order valence-corrected chi connectivity index (χ4v) is 4.95. The summed E-state index contributed by atoms with van der Waals surface area (Å²) in [6.45, 7) is 6.25. The van der Waals surface area contributed by atoms with Gasteiger partial charge in [0.25, 0.3) is 0 Å². The van der Waals surface area contributed by atoms with Crippen LogP contribution >= 0.6 is 0 Å². The Labute approximate surface area is 178 Å². The first kappa shape index (κ1) is 20.4. The Hall–Kier alpha value is -2.88. The number of ether oxygens (including phenoxy) is 1. The number of methoxy groups -OCH3 is 1. The number of ketones is 2. The molecule has 2 aliphatic rings. The molecule has 4 heteroatoms. The number of carbonyl (C=O) groups excluding carboxylic acids is 2. The van der Waals surface area contributed by atoms with E-state index in [0.717, 1.165) is 22.7 Å². The smallest absolute Gasteiger partial charge is 0.173 e. The van der Waals surface area contributed by atoms with Crippen molar-refractivity contribution in [2.24, 2.45) is 11.3 Å². The zero-order valence-electron chi connectivity index (χ0n) is 18.1. The van der Waals surface area contributed by atoms with E-state index in [1.54, 1.807) is 7.11 Å². The Kier molecular flexibility index (Phi) is 5.27. The Balaban J connectivity index is 1.96. The van der Waals surface area contributed by atoms with Crippen LogP contribution in [-0.4, -0.2) is 18.7 Å². The minimum absolute atomic E-state index is 0.00612. The lowest BCUT2D eigenvalue weighted by atomic mass is 9.69. The second kappa shape index (κ2) is 7.75. The van der Waals surface area contributed by atoms with E-state index >= 15 is 0 Å².